The summed E-state index contributed by atoms with van der Waals surface area (Å²) in [5.74, 6) is 1.07. The van der Waals surface area contributed by atoms with Crippen molar-refractivity contribution in [3.8, 4) is 0 Å². The first-order chi connectivity index (χ1) is 12.7. The van der Waals surface area contributed by atoms with Crippen LogP contribution in [0.1, 0.15) is 43.4 Å². The molecule has 5 heteroatoms. The molecule has 138 valence electrons. The summed E-state index contributed by atoms with van der Waals surface area (Å²) >= 11 is 5.55. The normalized spacial score (nSPS) is 25.7. The molecule has 0 aliphatic carbocycles. The number of thiocarbonyl (C=S) groups is 1. The van der Waals surface area contributed by atoms with Crippen molar-refractivity contribution in [1.82, 2.24) is 10.2 Å². The topological polar surface area (TPSA) is 40.4 Å². The van der Waals surface area contributed by atoms with Gasteiger partial charge >= 0.3 is 0 Å². The Balaban J connectivity index is 1.34. The van der Waals surface area contributed by atoms with Gasteiger partial charge in [-0.2, -0.15) is 0 Å². The van der Waals surface area contributed by atoms with Crippen LogP contribution >= 0.6 is 12.2 Å². The molecule has 4 nitrogen and oxygen atoms in total. The van der Waals surface area contributed by atoms with Crippen LogP contribution in [0.3, 0.4) is 0 Å². The van der Waals surface area contributed by atoms with Gasteiger partial charge < -0.3 is 15.1 Å². The average molecular weight is 370 g/mol. The highest BCUT2D eigenvalue weighted by Crippen LogP contribution is 2.35. The molecule has 1 aromatic carbocycles. The van der Waals surface area contributed by atoms with Crippen LogP contribution in [0.5, 0.6) is 0 Å². The molecule has 0 saturated carbocycles. The SMILES string of the molecule is Cc1ccc(NC(=S)NC2C[C@@H]3CCC[C@@H](C2)N3Cc2ccco2)cc1. The maximum Gasteiger partial charge on any atom is 0.170 e. The summed E-state index contributed by atoms with van der Waals surface area (Å²) in [7, 11) is 0. The van der Waals surface area contributed by atoms with Gasteiger partial charge in [0.15, 0.2) is 5.11 Å². The van der Waals surface area contributed by atoms with Crippen molar-refractivity contribution in [1.29, 1.82) is 0 Å². The lowest BCUT2D eigenvalue weighted by molar-refractivity contribution is 0.0161. The van der Waals surface area contributed by atoms with Gasteiger partial charge in [-0.1, -0.05) is 24.1 Å². The average Bonchev–Trinajstić information content (AvgIpc) is 3.11. The third kappa shape index (κ3) is 4.10. The fraction of sp³-hybridized carbons (Fsp3) is 0.476. The van der Waals surface area contributed by atoms with Gasteiger partial charge in [0.05, 0.1) is 12.8 Å². The molecule has 2 atom stereocenters. The predicted molar refractivity (Wildman–Crippen MR) is 109 cm³/mol. The van der Waals surface area contributed by atoms with Crippen molar-refractivity contribution in [3.05, 3.63) is 54.0 Å². The van der Waals surface area contributed by atoms with E-state index in [1.807, 2.05) is 6.07 Å². The maximum atomic E-state index is 5.58. The highest BCUT2D eigenvalue weighted by molar-refractivity contribution is 7.80. The van der Waals surface area contributed by atoms with Crippen molar-refractivity contribution in [2.24, 2.45) is 0 Å². The van der Waals surface area contributed by atoms with Crippen LogP contribution in [0.25, 0.3) is 0 Å². The minimum Gasteiger partial charge on any atom is -0.468 e. The van der Waals surface area contributed by atoms with E-state index in [4.69, 9.17) is 16.6 Å². The zero-order chi connectivity index (χ0) is 17.9. The van der Waals surface area contributed by atoms with Gasteiger partial charge in [0, 0.05) is 23.8 Å². The van der Waals surface area contributed by atoms with Gasteiger partial charge in [-0.05, 0) is 69.1 Å². The summed E-state index contributed by atoms with van der Waals surface area (Å²) in [5, 5.41) is 7.61. The first kappa shape index (κ1) is 17.6. The molecule has 26 heavy (non-hydrogen) atoms. The Bertz CT molecular complexity index is 714. The monoisotopic (exact) mass is 369 g/mol. The van der Waals surface area contributed by atoms with Crippen molar-refractivity contribution in [2.75, 3.05) is 5.32 Å². The fourth-order valence-corrected chi connectivity index (χ4v) is 4.71. The molecule has 2 aliphatic rings. The number of benzene rings is 1. The number of furan rings is 1. The summed E-state index contributed by atoms with van der Waals surface area (Å²) in [4.78, 5) is 2.65. The minimum absolute atomic E-state index is 0.448. The van der Waals surface area contributed by atoms with Gasteiger partial charge in [-0.15, -0.1) is 0 Å². The summed E-state index contributed by atoms with van der Waals surface area (Å²) < 4.78 is 5.58. The molecule has 2 aromatic rings. The van der Waals surface area contributed by atoms with Crippen LogP contribution in [0, 0.1) is 6.92 Å². The Hall–Kier alpha value is -1.85. The summed E-state index contributed by atoms with van der Waals surface area (Å²) in [6.07, 6.45) is 7.94. The highest BCUT2D eigenvalue weighted by Gasteiger charge is 2.38. The van der Waals surface area contributed by atoms with E-state index in [1.165, 1.54) is 24.8 Å². The number of piperidine rings is 2. The zero-order valence-electron chi connectivity index (χ0n) is 15.3. The van der Waals surface area contributed by atoms with Gasteiger partial charge in [-0.3, -0.25) is 4.90 Å². The van der Waals surface area contributed by atoms with Gasteiger partial charge in [0.2, 0.25) is 0 Å². The Morgan fingerprint density at radius 1 is 1.15 bits per heavy atom. The van der Waals surface area contributed by atoms with Gasteiger partial charge in [0.1, 0.15) is 5.76 Å². The van der Waals surface area contributed by atoms with Crippen molar-refractivity contribution >= 4 is 23.0 Å². The lowest BCUT2D eigenvalue weighted by Gasteiger charge is -2.48. The molecule has 2 bridgehead atoms. The molecule has 2 fully saturated rings. The Morgan fingerprint density at radius 3 is 2.54 bits per heavy atom. The largest absolute Gasteiger partial charge is 0.468 e. The summed E-state index contributed by atoms with van der Waals surface area (Å²) in [6, 6.07) is 14.1. The molecule has 3 heterocycles. The lowest BCUT2D eigenvalue weighted by atomic mass is 9.81. The predicted octanol–water partition coefficient (Wildman–Crippen LogP) is 4.46. The fourth-order valence-electron chi connectivity index (χ4n) is 4.43. The van der Waals surface area contributed by atoms with Crippen LogP contribution in [0.4, 0.5) is 5.69 Å². The van der Waals surface area contributed by atoms with Gasteiger partial charge in [-0.25, -0.2) is 0 Å². The second-order valence-corrected chi connectivity index (χ2v) is 8.03. The Morgan fingerprint density at radius 2 is 1.88 bits per heavy atom. The van der Waals surface area contributed by atoms with E-state index in [0.717, 1.165) is 35.9 Å². The quantitative estimate of drug-likeness (QED) is 0.779. The number of fused-ring (bicyclic) bond motifs is 2. The third-order valence-corrected chi connectivity index (χ3v) is 5.91. The Labute approximate surface area is 161 Å². The lowest BCUT2D eigenvalue weighted by Crippen LogP contribution is -2.56. The van der Waals surface area contributed by atoms with E-state index in [2.05, 4.69) is 52.8 Å². The number of nitrogens with one attached hydrogen (secondary N) is 2. The summed E-state index contributed by atoms with van der Waals surface area (Å²) in [6.45, 7) is 3.02. The first-order valence-electron chi connectivity index (χ1n) is 9.60. The Kier molecular flexibility index (Phi) is 5.27. The maximum absolute atomic E-state index is 5.58. The molecule has 2 aliphatic heterocycles. The van der Waals surface area contributed by atoms with E-state index in [-0.39, 0.29) is 0 Å². The van der Waals surface area contributed by atoms with E-state index >= 15 is 0 Å². The molecule has 2 saturated heterocycles. The standard InChI is InChI=1S/C21H27N3OS/c1-15-7-9-16(10-8-15)22-21(26)23-17-12-18-4-2-5-19(13-17)24(18)14-20-6-3-11-25-20/h3,6-11,17-19H,2,4-5,12-14H2,1H3,(H2,22,23,26)/t18-,19-/m0/s1. The third-order valence-electron chi connectivity index (χ3n) is 5.69. The first-order valence-corrected chi connectivity index (χ1v) is 10.0. The number of hydrogen-bond donors (Lipinski definition) is 2. The van der Waals surface area contributed by atoms with E-state index in [9.17, 15) is 0 Å². The van der Waals surface area contributed by atoms with Crippen LogP contribution in [-0.2, 0) is 6.54 Å². The number of aryl methyl sites for hydroxylation is 1. The second kappa shape index (κ2) is 7.80. The number of rotatable bonds is 4. The van der Waals surface area contributed by atoms with Crippen molar-refractivity contribution in [3.63, 3.8) is 0 Å². The minimum atomic E-state index is 0.448. The van der Waals surface area contributed by atoms with E-state index in [0.29, 0.717) is 18.1 Å². The summed E-state index contributed by atoms with van der Waals surface area (Å²) in [5.41, 5.74) is 2.30. The zero-order valence-corrected chi connectivity index (χ0v) is 16.1. The van der Waals surface area contributed by atoms with Crippen LogP contribution in [0.15, 0.2) is 47.1 Å². The van der Waals surface area contributed by atoms with E-state index < -0.39 is 0 Å². The molecule has 1 aromatic heterocycles. The highest BCUT2D eigenvalue weighted by atomic mass is 32.1. The van der Waals surface area contributed by atoms with Crippen LogP contribution in [0.2, 0.25) is 0 Å². The van der Waals surface area contributed by atoms with Crippen LogP contribution < -0.4 is 10.6 Å². The molecular formula is C21H27N3OS. The molecule has 0 spiro atoms. The molecule has 0 unspecified atom stereocenters. The van der Waals surface area contributed by atoms with Crippen LogP contribution in [-0.4, -0.2) is 28.1 Å². The molecular weight excluding hydrogens is 342 g/mol. The van der Waals surface area contributed by atoms with E-state index in [1.54, 1.807) is 6.26 Å². The second-order valence-electron chi connectivity index (χ2n) is 7.62. The number of anilines is 1. The molecule has 0 amide bonds. The van der Waals surface area contributed by atoms with Crippen molar-refractivity contribution < 1.29 is 4.42 Å². The molecule has 4 rings (SSSR count). The van der Waals surface area contributed by atoms with Crippen molar-refractivity contribution in [2.45, 2.75) is 63.7 Å². The molecule has 2 N–H and O–H groups in total. The number of nitrogens with zero attached hydrogens (tertiary/aromatic N) is 1. The van der Waals surface area contributed by atoms with Gasteiger partial charge in [0.25, 0.3) is 0 Å². The molecule has 0 radical (unpaired) electrons. The smallest absolute Gasteiger partial charge is 0.170 e. The number of hydrogen-bond acceptors (Lipinski definition) is 3.